The maximum absolute atomic E-state index is 6.74. The Morgan fingerprint density at radius 2 is 1.69 bits per heavy atom. The zero-order chi connectivity index (χ0) is 22.0. The molecule has 164 valence electrons. The molecule has 1 saturated carbocycles. The molecule has 3 aromatic carbocycles. The Labute approximate surface area is 195 Å². The number of nitrogens with zero attached hydrogens (tertiary/aromatic N) is 1. The van der Waals surface area contributed by atoms with Crippen LogP contribution in [0.3, 0.4) is 0 Å². The van der Waals surface area contributed by atoms with E-state index in [1.807, 2.05) is 30.3 Å². The van der Waals surface area contributed by atoms with Crippen LogP contribution in [-0.2, 0) is 18.4 Å². The van der Waals surface area contributed by atoms with Gasteiger partial charge in [-0.05, 0) is 54.2 Å². The zero-order valence-electron chi connectivity index (χ0n) is 18.4. The van der Waals surface area contributed by atoms with Crippen LogP contribution in [0.5, 0.6) is 11.5 Å². The number of aliphatic imine (C=N–C) groups is 1. The van der Waals surface area contributed by atoms with E-state index >= 15 is 0 Å². The van der Waals surface area contributed by atoms with Gasteiger partial charge in [-0.1, -0.05) is 73.0 Å². The van der Waals surface area contributed by atoms with Crippen molar-refractivity contribution in [2.45, 2.75) is 44.1 Å². The Morgan fingerprint density at radius 1 is 0.938 bits per heavy atom. The van der Waals surface area contributed by atoms with Gasteiger partial charge in [-0.3, -0.25) is 4.99 Å². The molecule has 4 heteroatoms. The maximum Gasteiger partial charge on any atom is 0.162 e. The average molecular weight is 446 g/mol. The van der Waals surface area contributed by atoms with E-state index in [0.717, 1.165) is 53.6 Å². The average Bonchev–Trinajstić information content (AvgIpc) is 3.33. The first-order chi connectivity index (χ1) is 15.7. The van der Waals surface area contributed by atoms with E-state index in [0.29, 0.717) is 6.61 Å². The van der Waals surface area contributed by atoms with Crippen LogP contribution in [0, 0.1) is 0 Å². The van der Waals surface area contributed by atoms with Crippen molar-refractivity contribution >= 4 is 17.3 Å². The third-order valence-electron chi connectivity index (χ3n) is 6.83. The summed E-state index contributed by atoms with van der Waals surface area (Å²) in [6, 6.07) is 22.8. The van der Waals surface area contributed by atoms with Crippen molar-refractivity contribution in [2.75, 3.05) is 13.7 Å². The predicted octanol–water partition coefficient (Wildman–Crippen LogP) is 6.78. The van der Waals surface area contributed by atoms with Crippen molar-refractivity contribution < 1.29 is 9.47 Å². The number of benzene rings is 3. The molecule has 0 amide bonds. The van der Waals surface area contributed by atoms with E-state index in [2.05, 4.69) is 36.4 Å². The highest BCUT2D eigenvalue weighted by Gasteiger charge is 2.43. The summed E-state index contributed by atoms with van der Waals surface area (Å²) in [7, 11) is 1.71. The van der Waals surface area contributed by atoms with Crippen LogP contribution in [0.25, 0.3) is 0 Å². The summed E-state index contributed by atoms with van der Waals surface area (Å²) in [6.45, 7) is 1.29. The smallest absolute Gasteiger partial charge is 0.162 e. The topological polar surface area (TPSA) is 30.8 Å². The Balaban J connectivity index is 1.57. The normalized spacial score (nSPS) is 16.9. The Hall–Kier alpha value is -2.78. The lowest BCUT2D eigenvalue weighted by atomic mass is 9.70. The zero-order valence-corrected chi connectivity index (χ0v) is 19.2. The Bertz CT molecular complexity index is 1130. The summed E-state index contributed by atoms with van der Waals surface area (Å²) in [6.07, 6.45) is 5.43. The minimum absolute atomic E-state index is 0.140. The second kappa shape index (κ2) is 8.99. The molecular weight excluding hydrogens is 418 g/mol. The van der Waals surface area contributed by atoms with E-state index < -0.39 is 0 Å². The molecular formula is C28H28ClNO2. The highest BCUT2D eigenvalue weighted by atomic mass is 35.5. The van der Waals surface area contributed by atoms with Crippen LogP contribution >= 0.6 is 11.6 Å². The van der Waals surface area contributed by atoms with Crippen LogP contribution in [0.1, 0.15) is 47.9 Å². The summed E-state index contributed by atoms with van der Waals surface area (Å²) < 4.78 is 12.0. The number of ether oxygens (including phenoxy) is 2. The molecule has 5 rings (SSSR count). The first-order valence-electron chi connectivity index (χ1n) is 11.4. The third kappa shape index (κ3) is 3.80. The molecule has 3 nitrogen and oxygen atoms in total. The molecule has 0 bridgehead atoms. The van der Waals surface area contributed by atoms with E-state index in [9.17, 15) is 0 Å². The molecule has 0 radical (unpaired) electrons. The van der Waals surface area contributed by atoms with E-state index in [1.165, 1.54) is 29.5 Å². The van der Waals surface area contributed by atoms with Gasteiger partial charge in [0.15, 0.2) is 11.5 Å². The lowest BCUT2D eigenvalue weighted by molar-refractivity contribution is 0.284. The fourth-order valence-corrected chi connectivity index (χ4v) is 5.60. The molecule has 0 atom stereocenters. The molecule has 0 saturated heterocycles. The van der Waals surface area contributed by atoms with Gasteiger partial charge in [0.1, 0.15) is 6.61 Å². The lowest BCUT2D eigenvalue weighted by Crippen LogP contribution is -2.36. The number of halogens is 1. The van der Waals surface area contributed by atoms with Crippen LogP contribution in [-0.4, -0.2) is 19.4 Å². The molecule has 1 aliphatic carbocycles. The summed E-state index contributed by atoms with van der Waals surface area (Å²) in [5, 5.41) is 0.832. The summed E-state index contributed by atoms with van der Waals surface area (Å²) >= 11 is 6.74. The quantitative estimate of drug-likeness (QED) is 0.418. The van der Waals surface area contributed by atoms with E-state index in [-0.39, 0.29) is 5.41 Å². The Morgan fingerprint density at radius 3 is 2.44 bits per heavy atom. The molecule has 0 unspecified atom stereocenters. The molecule has 2 aliphatic rings. The van der Waals surface area contributed by atoms with Crippen molar-refractivity contribution in [3.8, 4) is 11.5 Å². The fraction of sp³-hybridized carbons (Fsp3) is 0.321. The Kier molecular flexibility index (Phi) is 5.93. The molecule has 3 aromatic rings. The van der Waals surface area contributed by atoms with Gasteiger partial charge in [-0.2, -0.15) is 0 Å². The number of rotatable bonds is 6. The summed E-state index contributed by atoms with van der Waals surface area (Å²) in [5.41, 5.74) is 5.81. The molecule has 0 spiro atoms. The molecule has 1 heterocycles. The number of methoxy groups -OCH3 is 1. The number of fused-ring (bicyclic) bond motifs is 1. The van der Waals surface area contributed by atoms with Gasteiger partial charge < -0.3 is 9.47 Å². The van der Waals surface area contributed by atoms with Gasteiger partial charge >= 0.3 is 0 Å². The van der Waals surface area contributed by atoms with Crippen molar-refractivity contribution in [1.29, 1.82) is 0 Å². The van der Waals surface area contributed by atoms with Gasteiger partial charge in [0.25, 0.3) is 0 Å². The summed E-state index contributed by atoms with van der Waals surface area (Å²) in [4.78, 5) is 5.12. The van der Waals surface area contributed by atoms with Crippen molar-refractivity contribution in [2.24, 2.45) is 4.99 Å². The van der Waals surface area contributed by atoms with Gasteiger partial charge in [0, 0.05) is 22.5 Å². The summed E-state index contributed by atoms with van der Waals surface area (Å²) in [5.74, 6) is 1.54. The van der Waals surface area contributed by atoms with Crippen molar-refractivity contribution in [3.05, 3.63) is 94.0 Å². The van der Waals surface area contributed by atoms with Gasteiger partial charge in [0.05, 0.1) is 12.8 Å². The first-order valence-corrected chi connectivity index (χ1v) is 11.8. The lowest BCUT2D eigenvalue weighted by Gasteiger charge is -2.35. The SMILES string of the molecule is COc1cc2c(cc1OCc1ccccc1)C(C1(c3ccccc3Cl)CCCC1)=NCC2. The maximum atomic E-state index is 6.74. The second-order valence-corrected chi connectivity index (χ2v) is 9.09. The minimum atomic E-state index is -0.140. The van der Waals surface area contributed by atoms with Gasteiger partial charge in [-0.15, -0.1) is 0 Å². The van der Waals surface area contributed by atoms with Gasteiger partial charge in [-0.25, -0.2) is 0 Å². The first kappa shape index (κ1) is 21.1. The number of hydrogen-bond donors (Lipinski definition) is 0. The van der Waals surface area contributed by atoms with Crippen LogP contribution < -0.4 is 9.47 Å². The number of hydrogen-bond acceptors (Lipinski definition) is 3. The standard InChI is InChI=1S/C28H28ClNO2/c1-31-25-17-21-13-16-30-27(22(21)18-26(25)32-19-20-9-3-2-4-10-20)28(14-7-8-15-28)23-11-5-6-12-24(23)29/h2-6,9-12,17-18H,7-8,13-16,19H2,1H3. The van der Waals surface area contributed by atoms with E-state index in [1.54, 1.807) is 7.11 Å². The van der Waals surface area contributed by atoms with Crippen LogP contribution in [0.4, 0.5) is 0 Å². The molecule has 1 aliphatic heterocycles. The second-order valence-electron chi connectivity index (χ2n) is 8.68. The van der Waals surface area contributed by atoms with Crippen molar-refractivity contribution in [3.63, 3.8) is 0 Å². The highest BCUT2D eigenvalue weighted by molar-refractivity contribution is 6.32. The van der Waals surface area contributed by atoms with Gasteiger partial charge in [0.2, 0.25) is 0 Å². The minimum Gasteiger partial charge on any atom is -0.493 e. The molecule has 32 heavy (non-hydrogen) atoms. The monoisotopic (exact) mass is 445 g/mol. The van der Waals surface area contributed by atoms with Crippen molar-refractivity contribution in [1.82, 2.24) is 0 Å². The molecule has 1 fully saturated rings. The largest absolute Gasteiger partial charge is 0.493 e. The third-order valence-corrected chi connectivity index (χ3v) is 7.16. The fourth-order valence-electron chi connectivity index (χ4n) is 5.28. The molecule has 0 N–H and O–H groups in total. The highest BCUT2D eigenvalue weighted by Crippen LogP contribution is 2.48. The predicted molar refractivity (Wildman–Crippen MR) is 130 cm³/mol. The molecule has 0 aromatic heterocycles. The van der Waals surface area contributed by atoms with Crippen LogP contribution in [0.2, 0.25) is 5.02 Å². The van der Waals surface area contributed by atoms with Crippen LogP contribution in [0.15, 0.2) is 71.7 Å². The van der Waals surface area contributed by atoms with E-state index in [4.69, 9.17) is 26.1 Å².